The molecule has 1 aromatic rings. The third kappa shape index (κ3) is 2.40. The highest BCUT2D eigenvalue weighted by molar-refractivity contribution is 7.82. The van der Waals surface area contributed by atoms with Gasteiger partial charge in [0.05, 0.1) is 9.92 Å². The van der Waals surface area contributed by atoms with Crippen molar-refractivity contribution in [1.82, 2.24) is 0 Å². The lowest BCUT2D eigenvalue weighted by molar-refractivity contribution is 0.684. The minimum atomic E-state index is -1.52. The zero-order valence-corrected chi connectivity index (χ0v) is 8.78. The highest BCUT2D eigenvalue weighted by atomic mass is 35.5. The topological polar surface area (TPSA) is 43.1 Å². The van der Waals surface area contributed by atoms with E-state index in [0.717, 1.165) is 11.1 Å². The van der Waals surface area contributed by atoms with Crippen molar-refractivity contribution >= 4 is 28.2 Å². The van der Waals surface area contributed by atoms with Gasteiger partial charge in [-0.15, -0.1) is 0 Å². The van der Waals surface area contributed by atoms with Gasteiger partial charge in [-0.1, -0.05) is 29.8 Å². The zero-order chi connectivity index (χ0) is 10.0. The van der Waals surface area contributed by atoms with Crippen LogP contribution in [0.15, 0.2) is 29.7 Å². The molecule has 0 aliphatic heterocycles. The van der Waals surface area contributed by atoms with Gasteiger partial charge in [0.15, 0.2) is 0 Å². The van der Waals surface area contributed by atoms with Crippen molar-refractivity contribution < 1.29 is 4.21 Å². The highest BCUT2D eigenvalue weighted by Gasteiger charge is 2.05. The van der Waals surface area contributed by atoms with Gasteiger partial charge in [0, 0.05) is 0 Å². The lowest BCUT2D eigenvalue weighted by atomic mass is 10.1. The van der Waals surface area contributed by atoms with Crippen LogP contribution >= 0.6 is 11.6 Å². The first kappa shape index (κ1) is 10.4. The molecule has 1 unspecified atom stereocenters. The molecule has 0 saturated heterocycles. The van der Waals surface area contributed by atoms with E-state index >= 15 is 0 Å². The molecule has 0 spiro atoms. The molecule has 1 rings (SSSR count). The van der Waals surface area contributed by atoms with Gasteiger partial charge in [0.25, 0.3) is 0 Å². The smallest absolute Gasteiger partial charge is 0.123 e. The van der Waals surface area contributed by atoms with E-state index in [2.05, 4.69) is 6.58 Å². The average Bonchev–Trinajstić information content (AvgIpc) is 2.03. The number of nitrogens with two attached hydrogens (primary N) is 1. The van der Waals surface area contributed by atoms with Gasteiger partial charge in [-0.05, 0) is 24.6 Å². The Morgan fingerprint density at radius 2 is 2.23 bits per heavy atom. The zero-order valence-electron chi connectivity index (χ0n) is 7.21. The van der Waals surface area contributed by atoms with Crippen molar-refractivity contribution in [1.29, 1.82) is 0 Å². The number of halogens is 1. The van der Waals surface area contributed by atoms with Crippen LogP contribution in [0.4, 0.5) is 0 Å². The molecule has 1 aromatic carbocycles. The summed E-state index contributed by atoms with van der Waals surface area (Å²) in [4.78, 5) is 0.451. The maximum Gasteiger partial charge on any atom is 0.123 e. The molecular formula is C9H10ClNOS. The molecule has 0 bridgehead atoms. The Hall–Kier alpha value is -0.640. The van der Waals surface area contributed by atoms with E-state index in [1.54, 1.807) is 18.2 Å². The summed E-state index contributed by atoms with van der Waals surface area (Å²) in [5, 5.41) is 5.62. The predicted molar refractivity (Wildman–Crippen MR) is 56.8 cm³/mol. The Morgan fingerprint density at radius 1 is 1.62 bits per heavy atom. The molecule has 13 heavy (non-hydrogen) atoms. The lowest BCUT2D eigenvalue weighted by Crippen LogP contribution is -2.03. The maximum atomic E-state index is 10.9. The van der Waals surface area contributed by atoms with E-state index in [-0.39, 0.29) is 0 Å². The van der Waals surface area contributed by atoms with Crippen LogP contribution in [0.25, 0.3) is 5.57 Å². The van der Waals surface area contributed by atoms with Crippen LogP contribution in [-0.2, 0) is 11.0 Å². The summed E-state index contributed by atoms with van der Waals surface area (Å²) in [5.74, 6) is 0. The first-order valence-corrected chi connectivity index (χ1v) is 5.23. The van der Waals surface area contributed by atoms with E-state index in [1.165, 1.54) is 0 Å². The van der Waals surface area contributed by atoms with E-state index in [9.17, 15) is 4.21 Å². The molecule has 0 aliphatic rings. The van der Waals surface area contributed by atoms with Gasteiger partial charge in [0.1, 0.15) is 11.0 Å². The molecular weight excluding hydrogens is 206 g/mol. The van der Waals surface area contributed by atoms with Gasteiger partial charge in [-0.25, -0.2) is 9.35 Å². The van der Waals surface area contributed by atoms with E-state index < -0.39 is 11.0 Å². The quantitative estimate of drug-likeness (QED) is 0.809. The molecule has 2 nitrogen and oxygen atoms in total. The second-order valence-electron chi connectivity index (χ2n) is 2.72. The SMILES string of the molecule is C=C(C)c1ccc(S(N)=O)c(Cl)c1. The average molecular weight is 216 g/mol. The van der Waals surface area contributed by atoms with Crippen molar-refractivity contribution in [3.8, 4) is 0 Å². The number of benzene rings is 1. The molecule has 0 amide bonds. The van der Waals surface area contributed by atoms with Crippen molar-refractivity contribution in [2.24, 2.45) is 5.14 Å². The normalized spacial score (nSPS) is 12.5. The molecule has 0 aromatic heterocycles. The number of hydrogen-bond acceptors (Lipinski definition) is 1. The van der Waals surface area contributed by atoms with Crippen LogP contribution < -0.4 is 5.14 Å². The summed E-state index contributed by atoms with van der Waals surface area (Å²) in [5.41, 5.74) is 1.84. The molecule has 4 heteroatoms. The largest absolute Gasteiger partial charge is 0.248 e. The highest BCUT2D eigenvalue weighted by Crippen LogP contribution is 2.22. The summed E-state index contributed by atoms with van der Waals surface area (Å²) < 4.78 is 10.9. The molecule has 2 N–H and O–H groups in total. The van der Waals surface area contributed by atoms with Crippen LogP contribution in [0.2, 0.25) is 5.02 Å². The van der Waals surface area contributed by atoms with Gasteiger partial charge in [0.2, 0.25) is 0 Å². The van der Waals surface area contributed by atoms with Gasteiger partial charge < -0.3 is 0 Å². The molecule has 0 fully saturated rings. The standard InChI is InChI=1S/C9H10ClNOS/c1-6(2)7-3-4-9(13(11)12)8(10)5-7/h3-5H,1,11H2,2H3. The second kappa shape index (κ2) is 4.05. The van der Waals surface area contributed by atoms with Crippen molar-refractivity contribution in [3.63, 3.8) is 0 Å². The van der Waals surface area contributed by atoms with Crippen molar-refractivity contribution in [2.45, 2.75) is 11.8 Å². The monoisotopic (exact) mass is 215 g/mol. The van der Waals surface area contributed by atoms with Crippen LogP contribution in [0.1, 0.15) is 12.5 Å². The fourth-order valence-electron chi connectivity index (χ4n) is 0.929. The summed E-state index contributed by atoms with van der Waals surface area (Å²) in [7, 11) is -1.52. The Bertz CT molecular complexity index is 376. The third-order valence-electron chi connectivity index (χ3n) is 1.64. The van der Waals surface area contributed by atoms with Crippen molar-refractivity contribution in [2.75, 3.05) is 0 Å². The maximum absolute atomic E-state index is 10.9. The first-order valence-electron chi connectivity index (χ1n) is 3.64. The summed E-state index contributed by atoms with van der Waals surface area (Å²) in [6, 6.07) is 5.17. The fourth-order valence-corrected chi connectivity index (χ4v) is 1.79. The Labute approximate surface area is 85.0 Å². The van der Waals surface area contributed by atoms with Crippen LogP contribution in [0.3, 0.4) is 0 Å². The second-order valence-corrected chi connectivity index (χ2v) is 4.16. The molecule has 0 saturated carbocycles. The Balaban J connectivity index is 3.20. The number of rotatable bonds is 2. The number of hydrogen-bond donors (Lipinski definition) is 1. The summed E-state index contributed by atoms with van der Waals surface area (Å²) >= 11 is 5.85. The van der Waals surface area contributed by atoms with Crippen molar-refractivity contribution in [3.05, 3.63) is 35.4 Å². The summed E-state index contributed by atoms with van der Waals surface area (Å²) in [6.45, 7) is 5.65. The minimum absolute atomic E-state index is 0.418. The molecule has 0 aliphatic carbocycles. The van der Waals surface area contributed by atoms with Crippen LogP contribution in [0.5, 0.6) is 0 Å². The van der Waals surface area contributed by atoms with Gasteiger partial charge in [-0.3, -0.25) is 0 Å². The minimum Gasteiger partial charge on any atom is -0.248 e. The predicted octanol–water partition coefficient (Wildman–Crippen LogP) is 2.35. The number of allylic oxidation sites excluding steroid dienone is 1. The molecule has 0 radical (unpaired) electrons. The Kier molecular flexibility index (Phi) is 3.25. The first-order chi connectivity index (χ1) is 6.02. The van der Waals surface area contributed by atoms with Gasteiger partial charge in [-0.2, -0.15) is 0 Å². The van der Waals surface area contributed by atoms with Crippen LogP contribution in [0, 0.1) is 0 Å². The third-order valence-corrected chi connectivity index (χ3v) is 2.86. The van der Waals surface area contributed by atoms with Crippen LogP contribution in [-0.4, -0.2) is 4.21 Å². The lowest BCUT2D eigenvalue weighted by Gasteiger charge is -2.03. The fraction of sp³-hybridized carbons (Fsp3) is 0.111. The van der Waals surface area contributed by atoms with E-state index in [1.807, 2.05) is 6.92 Å². The van der Waals surface area contributed by atoms with E-state index in [4.69, 9.17) is 16.7 Å². The van der Waals surface area contributed by atoms with E-state index in [0.29, 0.717) is 9.92 Å². The molecule has 1 atom stereocenters. The van der Waals surface area contributed by atoms with Gasteiger partial charge >= 0.3 is 0 Å². The molecule has 0 heterocycles. The Morgan fingerprint density at radius 3 is 2.62 bits per heavy atom. The summed E-state index contributed by atoms with van der Waals surface area (Å²) in [6.07, 6.45) is 0. The molecule has 70 valence electrons.